The van der Waals surface area contributed by atoms with Crippen molar-refractivity contribution in [3.63, 3.8) is 0 Å². The largest absolute Gasteiger partial charge is 0.660 e. The number of hydrogen-bond acceptors (Lipinski definition) is 7. The number of nitrogens with zero attached hydrogens (tertiary/aromatic N) is 4. The number of hydroxylamine groups is 1. The maximum Gasteiger partial charge on any atom is 0.660 e. The second-order valence-electron chi connectivity index (χ2n) is 2.58. The van der Waals surface area contributed by atoms with Crippen molar-refractivity contribution in [2.45, 2.75) is 19.6 Å². The second-order valence-corrected chi connectivity index (χ2v) is 2.58. The van der Waals surface area contributed by atoms with Gasteiger partial charge in [-0.05, 0) is 4.74 Å². The van der Waals surface area contributed by atoms with Gasteiger partial charge in [-0.2, -0.15) is 0 Å². The summed E-state index contributed by atoms with van der Waals surface area (Å²) in [6.07, 6.45) is 0. The number of rotatable bonds is 3. The Morgan fingerprint density at radius 3 is 1.53 bits per heavy atom. The van der Waals surface area contributed by atoms with Crippen LogP contribution in [-0.4, -0.2) is 31.1 Å². The Kier molecular flexibility index (Phi) is 3.22. The fraction of sp³-hybridized carbons (Fsp3) is 0.750. The zero-order chi connectivity index (χ0) is 12.4. The van der Waals surface area contributed by atoms with Gasteiger partial charge in [-0.1, -0.05) is 0 Å². The van der Waals surface area contributed by atoms with Gasteiger partial charge in [-0.25, -0.2) is 0 Å². The van der Waals surface area contributed by atoms with Gasteiger partial charge in [0, 0.05) is 0 Å². The topological polar surface area (TPSA) is 155 Å². The van der Waals surface area contributed by atoms with Crippen molar-refractivity contribution in [3.05, 3.63) is 35.6 Å². The average molecular weight is 222 g/mol. The van der Waals surface area contributed by atoms with Gasteiger partial charge in [0.2, 0.25) is 0 Å². The standard InChI is InChI=1S/C4H6N4O7/c1-3(6(10)11)5(9)4(2,7(12)13)8(14)15/h1-2H3. The molecule has 0 spiro atoms. The Morgan fingerprint density at radius 2 is 1.33 bits per heavy atom. The van der Waals surface area contributed by atoms with Crippen LogP contribution in [0.3, 0.4) is 0 Å². The summed E-state index contributed by atoms with van der Waals surface area (Å²) in [5.41, 5.74) is 0. The first-order valence-corrected chi connectivity index (χ1v) is 3.40. The lowest BCUT2D eigenvalue weighted by Gasteiger charge is -2.10. The SMILES string of the molecule is CC([N+](=O)[O-])=[N+]([O-])C(C)([N+](=O)[O-])[N+](=O)[O-]. The smallest absolute Gasteiger partial charge is 0.609 e. The Labute approximate surface area is 81.6 Å². The van der Waals surface area contributed by atoms with Crippen molar-refractivity contribution in [1.29, 1.82) is 0 Å². The van der Waals surface area contributed by atoms with Gasteiger partial charge in [0.1, 0.15) is 4.92 Å². The highest BCUT2D eigenvalue weighted by molar-refractivity contribution is 5.65. The maximum atomic E-state index is 11.0. The molecule has 11 nitrogen and oxygen atoms in total. The highest BCUT2D eigenvalue weighted by atomic mass is 16.7. The van der Waals surface area contributed by atoms with Gasteiger partial charge in [0.15, 0.2) is 16.8 Å². The molecule has 0 atom stereocenters. The summed E-state index contributed by atoms with van der Waals surface area (Å²) in [7, 11) is 0. The van der Waals surface area contributed by atoms with Crippen molar-refractivity contribution in [1.82, 2.24) is 0 Å². The fourth-order valence-electron chi connectivity index (χ4n) is 0.596. The molecule has 0 bridgehead atoms. The van der Waals surface area contributed by atoms with E-state index in [0.717, 1.165) is 0 Å². The number of hydrogen-bond donors (Lipinski definition) is 0. The molecular formula is C4H6N4O7. The van der Waals surface area contributed by atoms with Crippen molar-refractivity contribution in [3.8, 4) is 0 Å². The number of amidine groups is 1. The Bertz CT molecular complexity index is 346. The molecule has 15 heavy (non-hydrogen) atoms. The molecule has 0 fully saturated rings. The minimum absolute atomic E-state index is 0.368. The first-order chi connectivity index (χ1) is 6.65. The summed E-state index contributed by atoms with van der Waals surface area (Å²) in [5.74, 6) is -4.53. The van der Waals surface area contributed by atoms with Gasteiger partial charge < -0.3 is 5.21 Å². The van der Waals surface area contributed by atoms with Crippen molar-refractivity contribution in [2.24, 2.45) is 0 Å². The van der Waals surface area contributed by atoms with Crippen LogP contribution < -0.4 is 0 Å². The van der Waals surface area contributed by atoms with E-state index in [2.05, 4.69) is 0 Å². The summed E-state index contributed by atoms with van der Waals surface area (Å²) in [4.78, 5) is 26.5. The van der Waals surface area contributed by atoms with Crippen LogP contribution in [-0.2, 0) is 0 Å². The third-order valence-electron chi connectivity index (χ3n) is 1.63. The third kappa shape index (κ3) is 1.95. The molecule has 0 rings (SSSR count). The zero-order valence-electron chi connectivity index (χ0n) is 7.65. The molecule has 0 radical (unpaired) electrons. The van der Waals surface area contributed by atoms with Crippen LogP contribution in [0.1, 0.15) is 13.8 Å². The molecule has 0 aromatic heterocycles. The van der Waals surface area contributed by atoms with Crippen molar-refractivity contribution < 1.29 is 19.5 Å². The van der Waals surface area contributed by atoms with E-state index in [1.807, 2.05) is 0 Å². The molecule has 0 unspecified atom stereocenters. The number of nitro groups is 3. The lowest BCUT2D eigenvalue weighted by atomic mass is 10.4. The lowest BCUT2D eigenvalue weighted by molar-refractivity contribution is -0.963. The first-order valence-electron chi connectivity index (χ1n) is 3.40. The lowest BCUT2D eigenvalue weighted by Crippen LogP contribution is -2.53. The van der Waals surface area contributed by atoms with Crippen molar-refractivity contribution in [2.75, 3.05) is 0 Å². The molecule has 0 aromatic carbocycles. The predicted molar refractivity (Wildman–Crippen MR) is 43.7 cm³/mol. The first kappa shape index (κ1) is 12.7. The normalized spacial score (nSPS) is 12.9. The summed E-state index contributed by atoms with van der Waals surface area (Å²) < 4.78 is -0.854. The predicted octanol–water partition coefficient (Wildman–Crippen LogP) is -0.581. The molecule has 0 N–H and O–H groups in total. The van der Waals surface area contributed by atoms with Gasteiger partial charge in [-0.3, -0.25) is 30.3 Å². The summed E-state index contributed by atoms with van der Waals surface area (Å²) in [6, 6.07) is 0. The van der Waals surface area contributed by atoms with E-state index in [0.29, 0.717) is 13.8 Å². The molecule has 0 saturated carbocycles. The van der Waals surface area contributed by atoms with E-state index in [1.165, 1.54) is 0 Å². The molecule has 0 amide bonds. The highest BCUT2D eigenvalue weighted by Crippen LogP contribution is 2.11. The molecule has 0 aliphatic heterocycles. The van der Waals surface area contributed by atoms with E-state index < -0.39 is 31.1 Å². The zero-order valence-corrected chi connectivity index (χ0v) is 7.65. The summed E-state index contributed by atoms with van der Waals surface area (Å²) in [6.45, 7) is 1.01. The van der Waals surface area contributed by atoms with Crippen LogP contribution in [0, 0.1) is 35.6 Å². The van der Waals surface area contributed by atoms with Crippen LogP contribution in [0.2, 0.25) is 0 Å². The minimum atomic E-state index is -3.29. The molecule has 0 saturated heterocycles. The van der Waals surface area contributed by atoms with E-state index >= 15 is 0 Å². The second kappa shape index (κ2) is 3.81. The van der Waals surface area contributed by atoms with E-state index in [4.69, 9.17) is 0 Å². The van der Waals surface area contributed by atoms with Crippen LogP contribution in [0.25, 0.3) is 0 Å². The Balaban J connectivity index is 5.70. The molecule has 11 heteroatoms. The van der Waals surface area contributed by atoms with Gasteiger partial charge in [-0.15, -0.1) is 0 Å². The van der Waals surface area contributed by atoms with E-state index in [1.54, 1.807) is 0 Å². The van der Waals surface area contributed by atoms with Crippen LogP contribution in [0.5, 0.6) is 0 Å². The minimum Gasteiger partial charge on any atom is -0.609 e. The van der Waals surface area contributed by atoms with E-state index in [9.17, 15) is 35.6 Å². The quantitative estimate of drug-likeness (QED) is 0.117. The summed E-state index contributed by atoms with van der Waals surface area (Å²) in [5, 5.41) is 41.8. The highest BCUT2D eigenvalue weighted by Gasteiger charge is 2.63. The fourth-order valence-corrected chi connectivity index (χ4v) is 0.596. The average Bonchev–Trinajstić information content (AvgIpc) is 2.13. The van der Waals surface area contributed by atoms with Crippen molar-refractivity contribution >= 4 is 5.84 Å². The molecule has 0 aliphatic carbocycles. The van der Waals surface area contributed by atoms with Crippen LogP contribution in [0.4, 0.5) is 0 Å². The molecule has 0 heterocycles. The molecular weight excluding hydrogens is 216 g/mol. The van der Waals surface area contributed by atoms with Gasteiger partial charge in [0.05, 0.1) is 6.92 Å². The van der Waals surface area contributed by atoms with E-state index in [-0.39, 0.29) is 0 Å². The maximum absolute atomic E-state index is 11.0. The third-order valence-corrected chi connectivity index (χ3v) is 1.63. The van der Waals surface area contributed by atoms with Gasteiger partial charge >= 0.3 is 11.6 Å². The molecule has 84 valence electrons. The van der Waals surface area contributed by atoms with Crippen LogP contribution >= 0.6 is 0 Å². The Hall–Kier alpha value is -2.33. The molecule has 0 aliphatic rings. The molecule has 0 aromatic rings. The Morgan fingerprint density at radius 1 is 1.00 bits per heavy atom. The summed E-state index contributed by atoms with van der Waals surface area (Å²) >= 11 is 0. The van der Waals surface area contributed by atoms with Crippen LogP contribution in [0.15, 0.2) is 0 Å². The monoisotopic (exact) mass is 222 g/mol. The van der Waals surface area contributed by atoms with Gasteiger partial charge in [0.25, 0.3) is 0 Å².